The van der Waals surface area contributed by atoms with Gasteiger partial charge in [0, 0.05) is 7.05 Å². The number of aldehydes is 1. The van der Waals surface area contributed by atoms with E-state index in [1.165, 1.54) is 0 Å². The summed E-state index contributed by atoms with van der Waals surface area (Å²) in [5, 5.41) is 2.70. The van der Waals surface area contributed by atoms with Gasteiger partial charge < -0.3 is 15.5 Å². The third kappa shape index (κ3) is 4.83. The molecule has 0 radical (unpaired) electrons. The summed E-state index contributed by atoms with van der Waals surface area (Å²) in [5.41, 5.74) is 5.31. The number of hydrogen-bond acceptors (Lipinski definition) is 4. The summed E-state index contributed by atoms with van der Waals surface area (Å²) in [6, 6.07) is 0. The van der Waals surface area contributed by atoms with E-state index in [9.17, 15) is 4.79 Å². The number of nitrogens with one attached hydrogen (secondary N) is 3. The van der Waals surface area contributed by atoms with Crippen molar-refractivity contribution in [1.29, 1.82) is 0 Å². The van der Waals surface area contributed by atoms with Crippen LogP contribution in [0.4, 0.5) is 0 Å². The van der Waals surface area contributed by atoms with Gasteiger partial charge in [0.25, 0.3) is 0 Å². The molecule has 0 spiro atoms. The molecule has 0 aromatic heterocycles. The summed E-state index contributed by atoms with van der Waals surface area (Å²) in [6.45, 7) is 3.82. The van der Waals surface area contributed by atoms with E-state index in [2.05, 4.69) is 22.7 Å². The minimum Gasteiger partial charge on any atom is -0.365 e. The molecule has 4 heteroatoms. The Morgan fingerprint density at radius 1 is 1.78 bits per heavy atom. The zero-order valence-corrected chi connectivity index (χ0v) is 5.40. The number of carbonyl (C=O) groups excluding carboxylic acids is 1. The van der Waals surface area contributed by atoms with Crippen molar-refractivity contribution in [3.63, 3.8) is 0 Å². The van der Waals surface area contributed by atoms with Crippen LogP contribution in [-0.4, -0.2) is 19.9 Å². The van der Waals surface area contributed by atoms with Crippen LogP contribution in [0.2, 0.25) is 0 Å². The van der Waals surface area contributed by atoms with Gasteiger partial charge in [0.1, 0.15) is 12.1 Å². The molecule has 0 aliphatic heterocycles. The lowest BCUT2D eigenvalue weighted by molar-refractivity contribution is -0.107. The van der Waals surface area contributed by atoms with E-state index in [1.54, 1.807) is 7.05 Å². The van der Waals surface area contributed by atoms with Crippen molar-refractivity contribution in [2.45, 2.75) is 0 Å². The fourth-order valence-electron chi connectivity index (χ4n) is 0.360. The van der Waals surface area contributed by atoms with Gasteiger partial charge in [-0.25, -0.2) is 5.43 Å². The molecular weight excluding hydrogens is 118 g/mol. The quantitative estimate of drug-likeness (QED) is 0.328. The number of rotatable bonds is 5. The predicted molar refractivity (Wildman–Crippen MR) is 35.4 cm³/mol. The van der Waals surface area contributed by atoms with Gasteiger partial charge >= 0.3 is 0 Å². The van der Waals surface area contributed by atoms with Crippen LogP contribution >= 0.6 is 0 Å². The number of hydrazine groups is 1. The van der Waals surface area contributed by atoms with E-state index >= 15 is 0 Å². The van der Waals surface area contributed by atoms with E-state index < -0.39 is 0 Å². The lowest BCUT2D eigenvalue weighted by Crippen LogP contribution is -2.34. The number of hydrogen-bond donors (Lipinski definition) is 3. The Balaban J connectivity index is 3.16. The van der Waals surface area contributed by atoms with Crippen LogP contribution in [0.5, 0.6) is 0 Å². The molecule has 52 valence electrons. The first-order valence-electron chi connectivity index (χ1n) is 2.60. The average Bonchev–Trinajstić information content (AvgIpc) is 1.85. The van der Waals surface area contributed by atoms with Crippen LogP contribution in [-0.2, 0) is 4.79 Å². The minimum atomic E-state index is 0.285. The SMILES string of the molecule is C=C(NCC=O)NNC. The van der Waals surface area contributed by atoms with Crippen LogP contribution in [0.25, 0.3) is 0 Å². The maximum Gasteiger partial charge on any atom is 0.139 e. The van der Waals surface area contributed by atoms with E-state index in [0.717, 1.165) is 6.29 Å². The summed E-state index contributed by atoms with van der Waals surface area (Å²) < 4.78 is 0. The lowest BCUT2D eigenvalue weighted by atomic mass is 10.7. The summed E-state index contributed by atoms with van der Waals surface area (Å²) in [7, 11) is 1.72. The van der Waals surface area contributed by atoms with Crippen molar-refractivity contribution >= 4 is 6.29 Å². The lowest BCUT2D eigenvalue weighted by Gasteiger charge is -2.06. The summed E-state index contributed by atoms with van der Waals surface area (Å²) in [5.74, 6) is 0.588. The highest BCUT2D eigenvalue weighted by molar-refractivity contribution is 5.52. The molecule has 0 atom stereocenters. The van der Waals surface area contributed by atoms with Gasteiger partial charge in [-0.3, -0.25) is 0 Å². The molecule has 0 bridgehead atoms. The Labute approximate surface area is 54.3 Å². The normalized spacial score (nSPS) is 8.11. The fraction of sp³-hybridized carbons (Fsp3) is 0.400. The highest BCUT2D eigenvalue weighted by Gasteiger charge is 1.84. The van der Waals surface area contributed by atoms with Crippen molar-refractivity contribution < 1.29 is 4.79 Å². The van der Waals surface area contributed by atoms with Gasteiger partial charge in [-0.2, -0.15) is 0 Å². The molecule has 0 aromatic rings. The Kier molecular flexibility index (Phi) is 4.53. The third-order valence-electron chi connectivity index (χ3n) is 0.675. The van der Waals surface area contributed by atoms with E-state index in [0.29, 0.717) is 5.82 Å². The summed E-state index contributed by atoms with van der Waals surface area (Å²) in [4.78, 5) is 9.76. The average molecular weight is 129 g/mol. The van der Waals surface area contributed by atoms with Gasteiger partial charge in [0.2, 0.25) is 0 Å². The second-order valence-corrected chi connectivity index (χ2v) is 1.40. The van der Waals surface area contributed by atoms with Gasteiger partial charge in [-0.1, -0.05) is 6.58 Å². The molecular formula is C5H11N3O. The Morgan fingerprint density at radius 3 is 2.89 bits per heavy atom. The smallest absolute Gasteiger partial charge is 0.139 e. The third-order valence-corrected chi connectivity index (χ3v) is 0.675. The summed E-state index contributed by atoms with van der Waals surface area (Å²) in [6.07, 6.45) is 0.766. The first-order valence-corrected chi connectivity index (χ1v) is 2.60. The molecule has 0 aliphatic rings. The van der Waals surface area contributed by atoms with Crippen molar-refractivity contribution in [2.75, 3.05) is 13.6 Å². The summed E-state index contributed by atoms with van der Waals surface area (Å²) >= 11 is 0. The second-order valence-electron chi connectivity index (χ2n) is 1.40. The monoisotopic (exact) mass is 129 g/mol. The van der Waals surface area contributed by atoms with E-state index in [1.807, 2.05) is 0 Å². The van der Waals surface area contributed by atoms with Crippen LogP contribution in [0.15, 0.2) is 12.4 Å². The molecule has 9 heavy (non-hydrogen) atoms. The maximum absolute atomic E-state index is 9.76. The van der Waals surface area contributed by atoms with Crippen LogP contribution in [0.1, 0.15) is 0 Å². The van der Waals surface area contributed by atoms with Gasteiger partial charge in [0.05, 0.1) is 6.54 Å². The second kappa shape index (κ2) is 5.11. The van der Waals surface area contributed by atoms with Crippen molar-refractivity contribution in [1.82, 2.24) is 16.2 Å². The first kappa shape index (κ1) is 7.97. The zero-order chi connectivity index (χ0) is 7.11. The van der Waals surface area contributed by atoms with Gasteiger partial charge in [0.15, 0.2) is 0 Å². The molecule has 0 saturated heterocycles. The Morgan fingerprint density at radius 2 is 2.44 bits per heavy atom. The largest absolute Gasteiger partial charge is 0.365 e. The molecule has 3 N–H and O–H groups in total. The van der Waals surface area contributed by atoms with E-state index in [4.69, 9.17) is 0 Å². The first-order chi connectivity index (χ1) is 4.31. The number of carbonyl (C=O) groups is 1. The molecule has 0 heterocycles. The van der Waals surface area contributed by atoms with Crippen LogP contribution in [0.3, 0.4) is 0 Å². The highest BCUT2D eigenvalue weighted by atomic mass is 16.1. The standard InChI is InChI=1S/C5H11N3O/c1-5(8-6-2)7-3-4-9/h4,6-8H,1,3H2,2H3. The molecule has 0 rings (SSSR count). The molecule has 0 saturated carbocycles. The highest BCUT2D eigenvalue weighted by Crippen LogP contribution is 1.67. The molecule has 4 nitrogen and oxygen atoms in total. The van der Waals surface area contributed by atoms with Crippen molar-refractivity contribution in [3.05, 3.63) is 12.4 Å². The van der Waals surface area contributed by atoms with Gasteiger partial charge in [-0.15, -0.1) is 0 Å². The Hall–Kier alpha value is -1.03. The van der Waals surface area contributed by atoms with E-state index in [-0.39, 0.29) is 6.54 Å². The molecule has 0 aliphatic carbocycles. The minimum absolute atomic E-state index is 0.285. The van der Waals surface area contributed by atoms with Gasteiger partial charge in [-0.05, 0) is 0 Å². The van der Waals surface area contributed by atoms with Crippen molar-refractivity contribution in [2.24, 2.45) is 0 Å². The predicted octanol–water partition coefficient (Wildman–Crippen LogP) is -1.03. The Bertz CT molecular complexity index is 102. The van der Waals surface area contributed by atoms with Crippen LogP contribution < -0.4 is 16.2 Å². The molecule has 0 fully saturated rings. The molecule has 0 unspecified atom stereocenters. The fourth-order valence-corrected chi connectivity index (χ4v) is 0.360. The van der Waals surface area contributed by atoms with Crippen molar-refractivity contribution in [3.8, 4) is 0 Å². The van der Waals surface area contributed by atoms with Crippen LogP contribution in [0, 0.1) is 0 Å². The molecule has 0 amide bonds. The maximum atomic E-state index is 9.76. The molecule has 0 aromatic carbocycles. The topological polar surface area (TPSA) is 53.2 Å². The zero-order valence-electron chi connectivity index (χ0n) is 5.40.